The monoisotopic (exact) mass is 657 g/mol. The lowest BCUT2D eigenvalue weighted by atomic mass is 9.95. The number of nitrogens with zero attached hydrogens (tertiary/aromatic N) is 2. The number of hydrogen-bond acceptors (Lipinski definition) is 8. The number of β-lactam (4-membered cyclic amide) rings is 1. The Morgan fingerprint density at radius 1 is 1.00 bits per heavy atom. The van der Waals surface area contributed by atoms with E-state index in [0.29, 0.717) is 30.7 Å². The molecule has 0 radical (unpaired) electrons. The van der Waals surface area contributed by atoms with Crippen LogP contribution in [0.1, 0.15) is 49.3 Å². The molecular formula is C35H35N3O6S2. The number of hydrogen-bond donors (Lipinski definition) is 1. The zero-order chi connectivity index (χ0) is 32.4. The van der Waals surface area contributed by atoms with Gasteiger partial charge in [-0.15, -0.1) is 23.1 Å². The summed E-state index contributed by atoms with van der Waals surface area (Å²) in [5.74, 6) is -1.15. The van der Waals surface area contributed by atoms with E-state index < -0.39 is 47.1 Å². The van der Waals surface area contributed by atoms with Gasteiger partial charge in [0.1, 0.15) is 17.0 Å². The van der Waals surface area contributed by atoms with E-state index in [4.69, 9.17) is 9.47 Å². The summed E-state index contributed by atoms with van der Waals surface area (Å²) in [5, 5.41) is 5.89. The van der Waals surface area contributed by atoms with E-state index in [-0.39, 0.29) is 5.91 Å². The number of ether oxygens (including phenoxy) is 2. The summed E-state index contributed by atoms with van der Waals surface area (Å²) in [4.78, 5) is 58.2. The number of thioether (sulfide) groups is 1. The number of alkyl carbamates (subject to hydrolysis) is 1. The van der Waals surface area contributed by atoms with E-state index in [1.165, 1.54) is 16.7 Å². The molecule has 3 atom stereocenters. The van der Waals surface area contributed by atoms with Gasteiger partial charge in [-0.3, -0.25) is 9.59 Å². The summed E-state index contributed by atoms with van der Waals surface area (Å²) in [6.07, 6.45) is 0.814. The Bertz CT molecular complexity index is 1630. The molecule has 3 aliphatic rings. The quantitative estimate of drug-likeness (QED) is 0.186. The van der Waals surface area contributed by atoms with Crippen molar-refractivity contribution in [2.75, 3.05) is 6.54 Å². The Kier molecular flexibility index (Phi) is 9.06. The molecule has 2 aromatic carbocycles. The van der Waals surface area contributed by atoms with Gasteiger partial charge in [0.2, 0.25) is 11.8 Å². The van der Waals surface area contributed by atoms with Gasteiger partial charge in [0.05, 0.1) is 6.54 Å². The van der Waals surface area contributed by atoms with Crippen LogP contribution in [-0.4, -0.2) is 63.3 Å². The Balaban J connectivity index is 1.29. The Morgan fingerprint density at radius 3 is 2.28 bits per heavy atom. The first-order valence-electron chi connectivity index (χ1n) is 15.1. The number of carbonyl (C=O) groups excluding carboxylic acids is 4. The van der Waals surface area contributed by atoms with Gasteiger partial charge < -0.3 is 24.6 Å². The Morgan fingerprint density at radius 2 is 1.67 bits per heavy atom. The van der Waals surface area contributed by atoms with Crippen LogP contribution >= 0.6 is 23.1 Å². The van der Waals surface area contributed by atoms with Gasteiger partial charge in [-0.2, -0.15) is 0 Å². The van der Waals surface area contributed by atoms with Crippen molar-refractivity contribution < 1.29 is 28.7 Å². The highest BCUT2D eigenvalue weighted by Crippen LogP contribution is 2.42. The summed E-state index contributed by atoms with van der Waals surface area (Å²) in [7, 11) is 0. The molecule has 1 N–H and O–H groups in total. The van der Waals surface area contributed by atoms with Crippen LogP contribution in [-0.2, 0) is 30.4 Å². The molecular weight excluding hydrogens is 623 g/mol. The zero-order valence-electron chi connectivity index (χ0n) is 25.8. The van der Waals surface area contributed by atoms with Crippen molar-refractivity contribution in [1.29, 1.82) is 0 Å². The van der Waals surface area contributed by atoms with Crippen molar-refractivity contribution in [3.8, 4) is 0 Å². The molecule has 11 heteroatoms. The first-order valence-corrected chi connectivity index (χ1v) is 16.9. The summed E-state index contributed by atoms with van der Waals surface area (Å²) >= 11 is 2.91. The number of benzene rings is 2. The van der Waals surface area contributed by atoms with Crippen LogP contribution in [0.3, 0.4) is 0 Å². The van der Waals surface area contributed by atoms with Crippen molar-refractivity contribution in [3.05, 3.63) is 117 Å². The minimum Gasteiger partial charge on any atom is -0.451 e. The normalized spacial score (nSPS) is 22.0. The average molecular weight is 658 g/mol. The van der Waals surface area contributed by atoms with Gasteiger partial charge in [-0.1, -0.05) is 66.7 Å². The lowest BCUT2D eigenvalue weighted by Gasteiger charge is -2.51. The topological polar surface area (TPSA) is 105 Å². The van der Waals surface area contributed by atoms with Crippen LogP contribution in [0.4, 0.5) is 4.79 Å². The van der Waals surface area contributed by atoms with Crippen LogP contribution in [0.25, 0.3) is 0 Å². The number of amides is 3. The average Bonchev–Trinajstić information content (AvgIpc) is 3.68. The number of fused-ring (bicyclic) bond motifs is 1. The van der Waals surface area contributed by atoms with E-state index in [9.17, 15) is 19.2 Å². The fourth-order valence-corrected chi connectivity index (χ4v) is 7.63. The first-order chi connectivity index (χ1) is 22.1. The van der Waals surface area contributed by atoms with Gasteiger partial charge >= 0.3 is 12.1 Å². The van der Waals surface area contributed by atoms with Crippen LogP contribution in [0.5, 0.6) is 0 Å². The fourth-order valence-electron chi connectivity index (χ4n) is 5.72. The molecule has 0 spiro atoms. The van der Waals surface area contributed by atoms with Crippen LogP contribution in [0.2, 0.25) is 0 Å². The van der Waals surface area contributed by atoms with Crippen molar-refractivity contribution in [3.63, 3.8) is 0 Å². The number of carbonyl (C=O) groups is 4. The van der Waals surface area contributed by atoms with Gasteiger partial charge in [0.15, 0.2) is 12.1 Å². The van der Waals surface area contributed by atoms with Gasteiger partial charge in [-0.25, -0.2) is 9.59 Å². The lowest BCUT2D eigenvalue weighted by Crippen LogP contribution is -2.74. The summed E-state index contributed by atoms with van der Waals surface area (Å²) in [6, 6.07) is 20.8. The molecule has 46 heavy (non-hydrogen) atoms. The fraction of sp³-hybridized carbons (Fsp3) is 0.314. The molecule has 0 unspecified atom stereocenters. The predicted molar refractivity (Wildman–Crippen MR) is 177 cm³/mol. The van der Waals surface area contributed by atoms with E-state index in [2.05, 4.69) is 5.32 Å². The number of thiophene rings is 1. The summed E-state index contributed by atoms with van der Waals surface area (Å²) < 4.78 is 11.6. The standard InChI is InChI=1S/C35H35N3O6S2/c1-35(2,3)44-34(42)36-27-31(40)38-28(33(41)43-29(22-11-6-4-7-12-22)23-13-8-5-9-14-23)25(21-46-32(27)38)19-24-16-17-37(30(24)39)20-26-15-10-18-45-26/h4-15,18-19,21,27-29,32H,16-17,20H2,1-3H3,(H,36,42)/t27-,28-,32-/m1/s1. The van der Waals surface area contributed by atoms with Gasteiger partial charge in [-0.05, 0) is 66.8 Å². The molecule has 3 aromatic rings. The van der Waals surface area contributed by atoms with Gasteiger partial charge in [0.25, 0.3) is 0 Å². The molecule has 0 saturated carbocycles. The smallest absolute Gasteiger partial charge is 0.408 e. The third-order valence-corrected chi connectivity index (χ3v) is 9.88. The van der Waals surface area contributed by atoms with E-state index in [1.807, 2.05) is 78.2 Å². The second kappa shape index (κ2) is 13.2. The Labute approximate surface area is 276 Å². The second-order valence-corrected chi connectivity index (χ2v) is 14.3. The van der Waals surface area contributed by atoms with Crippen molar-refractivity contribution >= 4 is 47.0 Å². The molecule has 2 fully saturated rings. The first kappa shape index (κ1) is 31.6. The number of rotatable bonds is 8. The van der Waals surface area contributed by atoms with E-state index >= 15 is 0 Å². The molecule has 4 heterocycles. The minimum atomic E-state index is -1.11. The SMILES string of the molecule is CC(C)(C)OC(=O)N[C@@H]1C(=O)N2[C@@H](C(=O)OC(c3ccccc3)c3ccccc3)C(C=C3CCN(Cc4cccs4)C3=O)=CS[C@H]12. The molecule has 0 bridgehead atoms. The maximum Gasteiger partial charge on any atom is 0.408 e. The maximum atomic E-state index is 14.2. The Hall–Kier alpha value is -4.35. The highest BCUT2D eigenvalue weighted by atomic mass is 32.2. The largest absolute Gasteiger partial charge is 0.451 e. The number of likely N-dealkylation sites (tertiary alicyclic amines) is 1. The molecule has 6 rings (SSSR count). The third-order valence-electron chi connectivity index (χ3n) is 7.83. The lowest BCUT2D eigenvalue weighted by molar-refractivity contribution is -0.164. The number of nitrogens with one attached hydrogen (secondary N) is 1. The molecule has 238 valence electrons. The highest BCUT2D eigenvalue weighted by Gasteiger charge is 2.56. The van der Waals surface area contributed by atoms with E-state index in [1.54, 1.807) is 48.5 Å². The minimum absolute atomic E-state index is 0.0978. The highest BCUT2D eigenvalue weighted by molar-refractivity contribution is 8.03. The molecule has 9 nitrogen and oxygen atoms in total. The van der Waals surface area contributed by atoms with Crippen LogP contribution in [0.15, 0.2) is 101 Å². The van der Waals surface area contributed by atoms with Crippen molar-refractivity contribution in [2.45, 2.75) is 62.9 Å². The maximum absolute atomic E-state index is 14.2. The van der Waals surface area contributed by atoms with E-state index in [0.717, 1.165) is 16.0 Å². The third kappa shape index (κ3) is 6.75. The molecule has 3 aliphatic heterocycles. The molecule has 1 aromatic heterocycles. The van der Waals surface area contributed by atoms with Gasteiger partial charge in [0, 0.05) is 17.0 Å². The summed E-state index contributed by atoms with van der Waals surface area (Å²) in [6.45, 7) is 6.32. The molecule has 2 saturated heterocycles. The zero-order valence-corrected chi connectivity index (χ0v) is 27.4. The van der Waals surface area contributed by atoms with Crippen LogP contribution in [0, 0.1) is 0 Å². The molecule has 0 aliphatic carbocycles. The second-order valence-electron chi connectivity index (χ2n) is 12.3. The van der Waals surface area contributed by atoms with Crippen LogP contribution < -0.4 is 5.32 Å². The predicted octanol–water partition coefficient (Wildman–Crippen LogP) is 5.80. The number of esters is 1. The molecule has 3 amide bonds. The van der Waals surface area contributed by atoms with Crippen molar-refractivity contribution in [2.24, 2.45) is 0 Å². The summed E-state index contributed by atoms with van der Waals surface area (Å²) in [5.41, 5.74) is 1.89. The van der Waals surface area contributed by atoms with Crippen molar-refractivity contribution in [1.82, 2.24) is 15.1 Å².